The Balaban J connectivity index is 2.20. The number of imide groups is 1. The minimum absolute atomic E-state index is 0.146. The lowest BCUT2D eigenvalue weighted by Crippen LogP contribution is -2.73. The molecule has 0 N–H and O–H groups in total. The molecule has 0 radical (unpaired) electrons. The van der Waals surface area contributed by atoms with Crippen LogP contribution in [0.25, 0.3) is 0 Å². The molecule has 0 aromatic carbocycles. The van der Waals surface area contributed by atoms with Crippen LogP contribution in [0.15, 0.2) is 0 Å². The van der Waals surface area contributed by atoms with E-state index in [-0.39, 0.29) is 18.1 Å². The van der Waals surface area contributed by atoms with E-state index in [1.165, 1.54) is 4.90 Å². The maximum Gasteiger partial charge on any atom is 0.417 e. The lowest BCUT2D eigenvalue weighted by molar-refractivity contribution is -0.171. The fourth-order valence-electron chi connectivity index (χ4n) is 3.63. The highest BCUT2D eigenvalue weighted by atomic mass is 28.4. The van der Waals surface area contributed by atoms with Gasteiger partial charge in [0, 0.05) is 6.61 Å². The predicted octanol–water partition coefficient (Wildman–Crippen LogP) is 3.70. The molecule has 0 bridgehead atoms. The van der Waals surface area contributed by atoms with Crippen LogP contribution >= 0.6 is 0 Å². The van der Waals surface area contributed by atoms with E-state index in [1.807, 2.05) is 0 Å². The number of ether oxygens (including phenoxy) is 2. The normalized spacial score (nSPS) is 27.4. The second-order valence-electron chi connectivity index (χ2n) is 8.01. The molecule has 2 heterocycles. The van der Waals surface area contributed by atoms with Gasteiger partial charge < -0.3 is 13.9 Å². The van der Waals surface area contributed by atoms with Crippen molar-refractivity contribution in [1.82, 2.24) is 4.90 Å². The zero-order chi connectivity index (χ0) is 18.8. The molecule has 7 heteroatoms. The van der Waals surface area contributed by atoms with Crippen molar-refractivity contribution >= 4 is 20.3 Å². The quantitative estimate of drug-likeness (QED) is 0.526. The Morgan fingerprint density at radius 3 is 2.28 bits per heavy atom. The maximum atomic E-state index is 12.7. The minimum atomic E-state index is -1.95. The molecule has 2 saturated heterocycles. The van der Waals surface area contributed by atoms with Gasteiger partial charge in [-0.15, -0.1) is 0 Å². The Hall–Kier alpha value is -0.923. The Kier molecular flexibility index (Phi) is 6.33. The van der Waals surface area contributed by atoms with Crippen molar-refractivity contribution in [2.24, 2.45) is 0 Å². The van der Waals surface area contributed by atoms with E-state index in [0.717, 1.165) is 31.0 Å². The second-order valence-corrected chi connectivity index (χ2v) is 12.7. The third kappa shape index (κ3) is 4.26. The van der Waals surface area contributed by atoms with E-state index in [4.69, 9.17) is 13.9 Å². The Morgan fingerprint density at radius 1 is 1.24 bits per heavy atom. The zero-order valence-corrected chi connectivity index (χ0v) is 17.5. The minimum Gasteiger partial charge on any atom is -0.443 e. The lowest BCUT2D eigenvalue weighted by Gasteiger charge is -2.50. The van der Waals surface area contributed by atoms with Crippen LogP contribution in [0.5, 0.6) is 0 Å². The van der Waals surface area contributed by atoms with Crippen molar-refractivity contribution in [3.8, 4) is 0 Å². The summed E-state index contributed by atoms with van der Waals surface area (Å²) in [6.45, 7) is 12.5. The van der Waals surface area contributed by atoms with E-state index in [2.05, 4.69) is 20.8 Å². The molecule has 0 unspecified atom stereocenters. The van der Waals surface area contributed by atoms with Crippen LogP contribution < -0.4 is 0 Å². The van der Waals surface area contributed by atoms with Gasteiger partial charge in [-0.05, 0) is 51.7 Å². The van der Waals surface area contributed by atoms with Crippen LogP contribution in [0.3, 0.4) is 0 Å². The first-order chi connectivity index (χ1) is 11.7. The number of carbonyl (C=O) groups is 2. The van der Waals surface area contributed by atoms with Gasteiger partial charge in [0.1, 0.15) is 17.7 Å². The van der Waals surface area contributed by atoms with E-state index >= 15 is 0 Å². The summed E-state index contributed by atoms with van der Waals surface area (Å²) in [5, 5.41) is 0. The molecule has 0 aromatic heterocycles. The SMILES string of the molecule is CC[Si](CC)(CC)O[C@H]1C(=O)N(C(=O)OC(C)(C)C)[C@H]1[C@H]1CCCO1. The van der Waals surface area contributed by atoms with Crippen molar-refractivity contribution in [3.05, 3.63) is 0 Å². The molecular weight excluding hydrogens is 338 g/mol. The van der Waals surface area contributed by atoms with Gasteiger partial charge in [0.15, 0.2) is 8.32 Å². The van der Waals surface area contributed by atoms with Crippen LogP contribution in [0.2, 0.25) is 18.1 Å². The number of nitrogens with zero attached hydrogens (tertiary/aromatic N) is 1. The highest BCUT2D eigenvalue weighted by Crippen LogP contribution is 2.37. The van der Waals surface area contributed by atoms with Gasteiger partial charge in [0.2, 0.25) is 0 Å². The molecular formula is C18H33NO5Si. The summed E-state index contributed by atoms with van der Waals surface area (Å²) in [6.07, 6.45) is 0.488. The number of carbonyl (C=O) groups excluding carboxylic acids is 2. The molecule has 2 amide bonds. The van der Waals surface area contributed by atoms with Crippen molar-refractivity contribution in [2.75, 3.05) is 6.61 Å². The van der Waals surface area contributed by atoms with Crippen LogP contribution in [0, 0.1) is 0 Å². The van der Waals surface area contributed by atoms with Crippen LogP contribution in [0.1, 0.15) is 54.4 Å². The summed E-state index contributed by atoms with van der Waals surface area (Å²) in [5.41, 5.74) is -0.640. The van der Waals surface area contributed by atoms with Gasteiger partial charge in [-0.3, -0.25) is 4.79 Å². The summed E-state index contributed by atoms with van der Waals surface area (Å²) in [6, 6.07) is 2.54. The van der Waals surface area contributed by atoms with E-state index in [1.54, 1.807) is 20.8 Å². The summed E-state index contributed by atoms with van der Waals surface area (Å²) in [5.74, 6) is -0.276. The van der Waals surface area contributed by atoms with Crippen LogP contribution in [0.4, 0.5) is 4.79 Å². The maximum absolute atomic E-state index is 12.7. The average molecular weight is 372 g/mol. The molecule has 0 aliphatic carbocycles. The highest BCUT2D eigenvalue weighted by molar-refractivity contribution is 6.73. The molecule has 2 aliphatic rings. The van der Waals surface area contributed by atoms with E-state index in [0.29, 0.717) is 6.61 Å². The van der Waals surface area contributed by atoms with Gasteiger partial charge in [0.25, 0.3) is 5.91 Å². The van der Waals surface area contributed by atoms with Crippen LogP contribution in [-0.2, 0) is 18.7 Å². The van der Waals surface area contributed by atoms with Gasteiger partial charge in [0.05, 0.1) is 6.10 Å². The van der Waals surface area contributed by atoms with Crippen molar-refractivity contribution in [2.45, 2.75) is 96.4 Å². The largest absolute Gasteiger partial charge is 0.443 e. The molecule has 2 aliphatic heterocycles. The number of hydrogen-bond acceptors (Lipinski definition) is 5. The zero-order valence-electron chi connectivity index (χ0n) is 16.5. The summed E-state index contributed by atoms with van der Waals surface area (Å²) in [7, 11) is -1.95. The Morgan fingerprint density at radius 2 is 1.84 bits per heavy atom. The van der Waals surface area contributed by atoms with Gasteiger partial charge in [-0.1, -0.05) is 20.8 Å². The Bertz CT molecular complexity index is 486. The third-order valence-electron chi connectivity index (χ3n) is 5.34. The fourth-order valence-corrected chi connectivity index (χ4v) is 6.41. The number of β-lactam (4-membered cyclic amide) rings is 1. The Labute approximate surface area is 152 Å². The number of hydrogen-bond donors (Lipinski definition) is 0. The van der Waals surface area contributed by atoms with Gasteiger partial charge in [-0.25, -0.2) is 9.69 Å². The smallest absolute Gasteiger partial charge is 0.417 e. The van der Waals surface area contributed by atoms with Crippen molar-refractivity contribution in [3.63, 3.8) is 0 Å². The number of amides is 2. The number of likely N-dealkylation sites (tertiary alicyclic amines) is 1. The van der Waals surface area contributed by atoms with Gasteiger partial charge >= 0.3 is 6.09 Å². The van der Waals surface area contributed by atoms with Crippen molar-refractivity contribution < 1.29 is 23.5 Å². The van der Waals surface area contributed by atoms with E-state index in [9.17, 15) is 9.59 Å². The second kappa shape index (κ2) is 7.76. The monoisotopic (exact) mass is 371 g/mol. The third-order valence-corrected chi connectivity index (χ3v) is 9.96. The fraction of sp³-hybridized carbons (Fsp3) is 0.889. The number of rotatable bonds is 6. The summed E-state index contributed by atoms with van der Waals surface area (Å²) in [4.78, 5) is 26.5. The van der Waals surface area contributed by atoms with Gasteiger partial charge in [-0.2, -0.15) is 0 Å². The van der Waals surface area contributed by atoms with Crippen LogP contribution in [-0.4, -0.2) is 55.7 Å². The molecule has 3 atom stereocenters. The standard InChI is InChI=1S/C18H33NO5Si/c1-7-25(8-2,9-3)24-15-14(13-11-10-12-22-13)19(16(15)20)17(21)23-18(4,5)6/h13-15H,7-12H2,1-6H3/t13-,14+,15-/m1/s1. The topological polar surface area (TPSA) is 65.1 Å². The van der Waals surface area contributed by atoms with Crippen molar-refractivity contribution in [1.29, 1.82) is 0 Å². The summed E-state index contributed by atoms with van der Waals surface area (Å²) >= 11 is 0. The predicted molar refractivity (Wildman–Crippen MR) is 97.9 cm³/mol. The molecule has 2 rings (SSSR count). The molecule has 2 fully saturated rings. The first-order valence-corrected chi connectivity index (χ1v) is 12.1. The van der Waals surface area contributed by atoms with E-state index < -0.39 is 26.1 Å². The average Bonchev–Trinajstić information content (AvgIpc) is 3.05. The molecule has 25 heavy (non-hydrogen) atoms. The highest BCUT2D eigenvalue weighted by Gasteiger charge is 2.58. The molecule has 144 valence electrons. The molecule has 0 saturated carbocycles. The molecule has 0 spiro atoms. The first kappa shape index (κ1) is 20.4. The molecule has 6 nitrogen and oxygen atoms in total. The summed E-state index contributed by atoms with van der Waals surface area (Å²) < 4.78 is 17.7. The first-order valence-electron chi connectivity index (χ1n) is 9.53. The lowest BCUT2D eigenvalue weighted by atomic mass is 9.92. The molecule has 0 aromatic rings.